The summed E-state index contributed by atoms with van der Waals surface area (Å²) in [5.41, 5.74) is 1.67. The molecule has 1 aliphatic rings. The average molecular weight is 423 g/mol. The van der Waals surface area contributed by atoms with Crippen LogP contribution in [0.1, 0.15) is 54.1 Å². The minimum Gasteiger partial charge on any atom is -0.450 e. The Hall–Kier alpha value is -2.99. The standard InChI is InChI=1S/C25H27FN2O3/c1-4-16-11-12-20-18(15-16)23(29)21-22(17-9-7-8-10-19(17)26)28(25(30)24(21)31-20)14-13-27(5-2)6-3/h7-12,15,22H,4-6,13-14H2,1-3H3. The van der Waals surface area contributed by atoms with Gasteiger partial charge in [-0.25, -0.2) is 4.39 Å². The Morgan fingerprint density at radius 2 is 1.81 bits per heavy atom. The van der Waals surface area contributed by atoms with Gasteiger partial charge in [-0.2, -0.15) is 0 Å². The van der Waals surface area contributed by atoms with Gasteiger partial charge in [-0.1, -0.05) is 45.0 Å². The van der Waals surface area contributed by atoms with Gasteiger partial charge in [-0.05, 0) is 43.3 Å². The van der Waals surface area contributed by atoms with Gasteiger partial charge in [-0.3, -0.25) is 9.59 Å². The SMILES string of the molecule is CCc1ccc2oc3c(c(=O)c2c1)C(c1ccccc1F)N(CCN(CC)CC)C3=O. The van der Waals surface area contributed by atoms with Crippen LogP contribution in [0.3, 0.4) is 0 Å². The van der Waals surface area contributed by atoms with Gasteiger partial charge in [-0.15, -0.1) is 0 Å². The molecule has 1 atom stereocenters. The van der Waals surface area contributed by atoms with E-state index in [4.69, 9.17) is 4.42 Å². The van der Waals surface area contributed by atoms with Gasteiger partial charge in [0.2, 0.25) is 5.76 Å². The number of carbonyl (C=O) groups excluding carboxylic acids is 1. The second-order valence-corrected chi connectivity index (χ2v) is 7.81. The molecule has 0 radical (unpaired) electrons. The molecule has 0 fully saturated rings. The van der Waals surface area contributed by atoms with Gasteiger partial charge in [0.15, 0.2) is 5.43 Å². The average Bonchev–Trinajstić information content (AvgIpc) is 3.06. The fraction of sp³-hybridized carbons (Fsp3) is 0.360. The predicted molar refractivity (Wildman–Crippen MR) is 119 cm³/mol. The number of halogens is 1. The van der Waals surface area contributed by atoms with Crippen molar-refractivity contribution in [3.63, 3.8) is 0 Å². The lowest BCUT2D eigenvalue weighted by atomic mass is 9.97. The van der Waals surface area contributed by atoms with E-state index in [-0.39, 0.29) is 22.7 Å². The maximum absolute atomic E-state index is 14.9. The van der Waals surface area contributed by atoms with Crippen LogP contribution in [0.2, 0.25) is 0 Å². The summed E-state index contributed by atoms with van der Waals surface area (Å²) < 4.78 is 20.8. The van der Waals surface area contributed by atoms with Crippen LogP contribution in [0.25, 0.3) is 11.0 Å². The lowest BCUT2D eigenvalue weighted by Crippen LogP contribution is -2.38. The van der Waals surface area contributed by atoms with E-state index in [1.807, 2.05) is 19.1 Å². The molecule has 0 bridgehead atoms. The first-order chi connectivity index (χ1) is 15.0. The van der Waals surface area contributed by atoms with Crippen LogP contribution in [0, 0.1) is 5.82 Å². The van der Waals surface area contributed by atoms with E-state index in [9.17, 15) is 14.0 Å². The van der Waals surface area contributed by atoms with Crippen LogP contribution in [0.5, 0.6) is 0 Å². The highest BCUT2D eigenvalue weighted by Crippen LogP contribution is 2.39. The molecular formula is C25H27FN2O3. The molecular weight excluding hydrogens is 395 g/mol. The van der Waals surface area contributed by atoms with Crippen molar-refractivity contribution in [2.75, 3.05) is 26.2 Å². The number of likely N-dealkylation sites (N-methyl/N-ethyl adjacent to an activating group) is 1. The number of rotatable bonds is 7. The minimum absolute atomic E-state index is 0.0227. The van der Waals surface area contributed by atoms with Crippen molar-refractivity contribution in [3.8, 4) is 0 Å². The van der Waals surface area contributed by atoms with Gasteiger partial charge in [0.1, 0.15) is 11.4 Å². The van der Waals surface area contributed by atoms with E-state index < -0.39 is 11.9 Å². The van der Waals surface area contributed by atoms with Crippen LogP contribution < -0.4 is 5.43 Å². The third-order valence-electron chi connectivity index (χ3n) is 6.19. The number of benzene rings is 2. The Bertz CT molecular complexity index is 1180. The Kier molecular flexibility index (Phi) is 5.92. The molecule has 1 unspecified atom stereocenters. The van der Waals surface area contributed by atoms with Gasteiger partial charge in [0.05, 0.1) is 17.0 Å². The summed E-state index contributed by atoms with van der Waals surface area (Å²) in [5.74, 6) is -0.786. The van der Waals surface area contributed by atoms with Crippen molar-refractivity contribution in [3.05, 3.63) is 81.0 Å². The Morgan fingerprint density at radius 3 is 2.48 bits per heavy atom. The number of carbonyl (C=O) groups is 1. The zero-order valence-corrected chi connectivity index (χ0v) is 18.2. The van der Waals surface area contributed by atoms with Crippen LogP contribution >= 0.6 is 0 Å². The maximum Gasteiger partial charge on any atom is 0.290 e. The third-order valence-corrected chi connectivity index (χ3v) is 6.19. The number of nitrogens with zero attached hydrogens (tertiary/aromatic N) is 2. The number of hydrogen-bond acceptors (Lipinski definition) is 4. The molecule has 1 aromatic heterocycles. The summed E-state index contributed by atoms with van der Waals surface area (Å²) in [6, 6.07) is 11.0. The Balaban J connectivity index is 1.90. The molecule has 2 heterocycles. The molecule has 0 saturated carbocycles. The van der Waals surface area contributed by atoms with Crippen LogP contribution in [-0.2, 0) is 6.42 Å². The van der Waals surface area contributed by atoms with E-state index in [1.54, 1.807) is 29.2 Å². The second kappa shape index (κ2) is 8.63. The summed E-state index contributed by atoms with van der Waals surface area (Å²) in [6.07, 6.45) is 0.776. The predicted octanol–water partition coefficient (Wildman–Crippen LogP) is 4.38. The molecule has 0 spiro atoms. The summed E-state index contributed by atoms with van der Waals surface area (Å²) in [4.78, 5) is 30.7. The molecule has 31 heavy (non-hydrogen) atoms. The van der Waals surface area contributed by atoms with E-state index in [2.05, 4.69) is 18.7 Å². The Morgan fingerprint density at radius 1 is 1.06 bits per heavy atom. The van der Waals surface area contributed by atoms with Crippen molar-refractivity contribution in [1.29, 1.82) is 0 Å². The quantitative estimate of drug-likeness (QED) is 0.567. The smallest absolute Gasteiger partial charge is 0.290 e. The molecule has 162 valence electrons. The zero-order chi connectivity index (χ0) is 22.1. The van der Waals surface area contributed by atoms with Gasteiger partial charge < -0.3 is 14.2 Å². The molecule has 0 saturated heterocycles. The van der Waals surface area contributed by atoms with Crippen molar-refractivity contribution < 1.29 is 13.6 Å². The maximum atomic E-state index is 14.9. The molecule has 6 heteroatoms. The fourth-order valence-electron chi connectivity index (χ4n) is 4.33. The zero-order valence-electron chi connectivity index (χ0n) is 18.2. The molecule has 5 nitrogen and oxygen atoms in total. The van der Waals surface area contributed by atoms with E-state index in [0.717, 1.165) is 25.1 Å². The van der Waals surface area contributed by atoms with Gasteiger partial charge in [0, 0.05) is 18.7 Å². The summed E-state index contributed by atoms with van der Waals surface area (Å²) in [5, 5.41) is 0.429. The highest BCUT2D eigenvalue weighted by Gasteiger charge is 2.43. The highest BCUT2D eigenvalue weighted by atomic mass is 19.1. The highest BCUT2D eigenvalue weighted by molar-refractivity contribution is 5.99. The molecule has 1 amide bonds. The molecule has 1 aliphatic heterocycles. The fourth-order valence-corrected chi connectivity index (χ4v) is 4.33. The molecule has 0 N–H and O–H groups in total. The number of aryl methyl sites for hydroxylation is 1. The normalized spacial score (nSPS) is 15.8. The third kappa shape index (κ3) is 3.65. The summed E-state index contributed by atoms with van der Waals surface area (Å²) in [6.45, 7) is 8.82. The van der Waals surface area contributed by atoms with E-state index in [1.165, 1.54) is 6.07 Å². The first-order valence-electron chi connectivity index (χ1n) is 10.9. The molecule has 4 rings (SSSR count). The van der Waals surface area contributed by atoms with Gasteiger partial charge in [0.25, 0.3) is 5.91 Å². The first kappa shape index (κ1) is 21.2. The molecule has 3 aromatic rings. The number of hydrogen-bond donors (Lipinski definition) is 0. The number of amides is 1. The first-order valence-corrected chi connectivity index (χ1v) is 10.9. The van der Waals surface area contributed by atoms with E-state index >= 15 is 0 Å². The van der Waals surface area contributed by atoms with Gasteiger partial charge >= 0.3 is 0 Å². The monoisotopic (exact) mass is 422 g/mol. The minimum atomic E-state index is -0.801. The van der Waals surface area contributed by atoms with Crippen molar-refractivity contribution >= 4 is 16.9 Å². The number of fused-ring (bicyclic) bond motifs is 2. The lowest BCUT2D eigenvalue weighted by Gasteiger charge is -2.28. The molecule has 2 aromatic carbocycles. The van der Waals surface area contributed by atoms with Crippen LogP contribution in [-0.4, -0.2) is 41.9 Å². The topological polar surface area (TPSA) is 53.8 Å². The van der Waals surface area contributed by atoms with Crippen molar-refractivity contribution in [1.82, 2.24) is 9.80 Å². The molecule has 0 aliphatic carbocycles. The van der Waals surface area contributed by atoms with Crippen molar-refractivity contribution in [2.45, 2.75) is 33.2 Å². The lowest BCUT2D eigenvalue weighted by molar-refractivity contribution is 0.0706. The van der Waals surface area contributed by atoms with E-state index in [0.29, 0.717) is 29.6 Å². The Labute approximate surface area is 181 Å². The van der Waals surface area contributed by atoms with Crippen molar-refractivity contribution in [2.24, 2.45) is 0 Å². The largest absolute Gasteiger partial charge is 0.450 e. The van der Waals surface area contributed by atoms with Crippen LogP contribution in [0.15, 0.2) is 51.7 Å². The summed E-state index contributed by atoms with van der Waals surface area (Å²) in [7, 11) is 0. The summed E-state index contributed by atoms with van der Waals surface area (Å²) >= 11 is 0. The second-order valence-electron chi connectivity index (χ2n) is 7.81. The van der Waals surface area contributed by atoms with Crippen LogP contribution in [0.4, 0.5) is 4.39 Å².